The average molecular weight is 1240 g/mol. The first kappa shape index (κ1) is 66.3. The summed E-state index contributed by atoms with van der Waals surface area (Å²) in [5, 5.41) is 20.3. The van der Waals surface area contributed by atoms with Crippen LogP contribution in [0.1, 0.15) is 136 Å². The fourth-order valence-electron chi connectivity index (χ4n) is 11.1. The van der Waals surface area contributed by atoms with Gasteiger partial charge in [-0.05, 0) is 113 Å². The molecule has 0 radical (unpaired) electrons. The van der Waals surface area contributed by atoms with Crippen LogP contribution >= 0.6 is 27.5 Å². The molecule has 10 atom stereocenters. The molecule has 1 aliphatic carbocycles. The summed E-state index contributed by atoms with van der Waals surface area (Å²) >= 11 is 10.4. The number of nitrogens with zero attached hydrogens (tertiary/aromatic N) is 1. The van der Waals surface area contributed by atoms with Crippen molar-refractivity contribution in [3.8, 4) is 5.75 Å². The minimum atomic E-state index is -1.64. The number of hydrogen-bond acceptors (Lipinski definition) is 15. The van der Waals surface area contributed by atoms with E-state index in [1.165, 1.54) is 19.1 Å². The van der Waals surface area contributed by atoms with Gasteiger partial charge in [-0.2, -0.15) is 0 Å². The first-order chi connectivity index (χ1) is 39.2. The summed E-state index contributed by atoms with van der Waals surface area (Å²) in [6, 6.07) is 6.58. The molecule has 0 spiro atoms. The Morgan fingerprint density at radius 3 is 2.41 bits per heavy atom. The topological polar surface area (TPSA) is 281 Å². The maximum absolute atomic E-state index is 14.4. The number of fused-ring (bicyclic) bond motifs is 5. The number of methoxy groups -OCH3 is 2. The van der Waals surface area contributed by atoms with Gasteiger partial charge < -0.3 is 54.8 Å². The third kappa shape index (κ3) is 18.1. The number of anilines is 2. The Labute approximate surface area is 500 Å². The number of benzene rings is 2. The van der Waals surface area contributed by atoms with Gasteiger partial charge in [0.1, 0.15) is 46.1 Å². The quantitative estimate of drug-likeness (QED) is 0.0300. The van der Waals surface area contributed by atoms with Gasteiger partial charge in [0.2, 0.25) is 11.8 Å². The molecular weight excluding hydrogens is 1160 g/mol. The number of halogens is 2. The van der Waals surface area contributed by atoms with Crippen molar-refractivity contribution in [1.82, 2.24) is 10.6 Å². The number of ether oxygens (including phenoxy) is 6. The van der Waals surface area contributed by atoms with Gasteiger partial charge in [0.05, 0.1) is 49.8 Å². The summed E-state index contributed by atoms with van der Waals surface area (Å²) in [4.78, 5) is 108. The van der Waals surface area contributed by atoms with Crippen molar-refractivity contribution in [2.24, 2.45) is 29.4 Å². The van der Waals surface area contributed by atoms with Crippen LogP contribution in [-0.4, -0.2) is 128 Å². The van der Waals surface area contributed by atoms with Gasteiger partial charge in [-0.15, -0.1) is 0 Å². The predicted octanol–water partition coefficient (Wildman–Crippen LogP) is 8.95. The number of epoxide rings is 1. The number of esters is 2. The monoisotopic (exact) mass is 1240 g/mol. The Bertz CT molecular complexity index is 2770. The van der Waals surface area contributed by atoms with Crippen molar-refractivity contribution in [3.63, 3.8) is 0 Å². The van der Waals surface area contributed by atoms with E-state index < -0.39 is 83.4 Å². The zero-order valence-electron chi connectivity index (χ0n) is 49.1. The highest BCUT2D eigenvalue weighted by atomic mass is 79.9. The first-order valence-electron chi connectivity index (χ1n) is 28.7. The highest BCUT2D eigenvalue weighted by Gasteiger charge is 2.64. The number of nitrogens with one attached hydrogen (secondary N) is 3. The highest BCUT2D eigenvalue weighted by Crippen LogP contribution is 2.50. The molecule has 6 N–H and O–H groups in total. The van der Waals surface area contributed by atoms with Crippen LogP contribution in [0.5, 0.6) is 5.75 Å². The number of carbonyl (C=O) groups is 8. The fraction of sp³-hybridized carbons (Fsp3) is 0.607. The van der Waals surface area contributed by atoms with E-state index in [0.717, 1.165) is 30.4 Å². The molecule has 6 rings (SSSR count). The van der Waals surface area contributed by atoms with Gasteiger partial charge in [0, 0.05) is 68.4 Å². The van der Waals surface area contributed by atoms with E-state index in [2.05, 4.69) is 31.9 Å². The Kier molecular flexibility index (Phi) is 23.8. The number of nitrogens with two attached hydrogens (primary N) is 1. The Morgan fingerprint density at radius 1 is 1.02 bits per heavy atom. The minimum Gasteiger partial charge on any atom is -0.495 e. The first-order valence-corrected chi connectivity index (χ1v) is 29.9. The molecular formula is C61H83BrClN5O15. The normalized spacial score (nSPS) is 25.9. The van der Waals surface area contributed by atoms with Crippen LogP contribution in [0.2, 0.25) is 5.02 Å². The third-order valence-electron chi connectivity index (χ3n) is 16.5. The fourth-order valence-corrected chi connectivity index (χ4v) is 11.9. The second kappa shape index (κ2) is 29.8. The largest absolute Gasteiger partial charge is 0.495 e. The summed E-state index contributed by atoms with van der Waals surface area (Å²) in [6.45, 7) is 11.1. The van der Waals surface area contributed by atoms with E-state index >= 15 is 0 Å². The number of urea groups is 1. The minimum absolute atomic E-state index is 0.00431. The highest BCUT2D eigenvalue weighted by molar-refractivity contribution is 9.10. The van der Waals surface area contributed by atoms with Crippen molar-refractivity contribution < 1.29 is 71.9 Å². The molecule has 456 valence electrons. The molecule has 83 heavy (non-hydrogen) atoms. The van der Waals surface area contributed by atoms with Crippen LogP contribution in [0.4, 0.5) is 21.0 Å². The zero-order valence-corrected chi connectivity index (χ0v) is 51.5. The number of amides is 5. The second-order valence-electron chi connectivity index (χ2n) is 23.3. The van der Waals surface area contributed by atoms with Gasteiger partial charge in [-0.25, -0.2) is 9.59 Å². The molecule has 4 bridgehead atoms. The van der Waals surface area contributed by atoms with Crippen LogP contribution in [0.15, 0.2) is 58.6 Å². The number of ketones is 2. The third-order valence-corrected chi connectivity index (χ3v) is 17.6. The molecule has 3 aliphatic heterocycles. The summed E-state index contributed by atoms with van der Waals surface area (Å²) in [5.41, 5.74) is 5.16. The van der Waals surface area contributed by atoms with Crippen molar-refractivity contribution in [2.45, 2.75) is 186 Å². The molecule has 4 aliphatic rings. The van der Waals surface area contributed by atoms with Crippen LogP contribution in [0.3, 0.4) is 0 Å². The number of Topliss-reactive ketones (excluding diaryl/α,β-unsaturated/α-hetero) is 2. The maximum atomic E-state index is 14.4. The lowest BCUT2D eigenvalue weighted by molar-refractivity contribution is -0.187. The molecule has 2 saturated heterocycles. The van der Waals surface area contributed by atoms with Crippen molar-refractivity contribution in [1.29, 1.82) is 0 Å². The van der Waals surface area contributed by atoms with Gasteiger partial charge in [0.25, 0.3) is 0 Å². The second-order valence-corrected chi connectivity index (χ2v) is 24.5. The number of rotatable bonds is 23. The molecule has 20 nitrogen and oxygen atoms in total. The van der Waals surface area contributed by atoms with Crippen LogP contribution in [-0.2, 0) is 65.3 Å². The van der Waals surface area contributed by atoms with Gasteiger partial charge in [-0.3, -0.25) is 34.1 Å². The predicted molar refractivity (Wildman–Crippen MR) is 315 cm³/mol. The molecule has 1 saturated carbocycles. The van der Waals surface area contributed by atoms with Crippen molar-refractivity contribution in [2.75, 3.05) is 38.0 Å². The standard InChI is InChI=1S/C61H83BrClN5O15/c1-34(2)43(30-42(69)19-11-10-16-36(4)80-57(74)39-17-13-18-39)56(73)67-45(20-14-24-65-58(64)75)47(70)28-40-22-23-41(29-44(40)62)66-59(76)82-51-31-52(71)68(7)46-26-38(27-48(78-8)54(46)63)25-35(3)15-12-21-50(79-9)61(77)32-49(81-53(72)33-61)37(5)55-60(51,6)83-55/h12,15,21-23,26-27,29,34,36-37,39,43,45,49-51,55,77H,10-11,13-14,16-20,24-25,28,30-33H2,1-9H3,(H,66,76)(H,67,73)(H3,64,65,75)/b21-12+,35-15+/t36?,37-,43+,45+,49+,50-,51+,55+,60+,61-/m1/s1. The van der Waals surface area contributed by atoms with E-state index in [1.807, 2.05) is 33.8 Å². The summed E-state index contributed by atoms with van der Waals surface area (Å²) in [7, 11) is 4.48. The van der Waals surface area contributed by atoms with E-state index in [1.54, 1.807) is 63.4 Å². The molecule has 22 heteroatoms. The van der Waals surface area contributed by atoms with Crippen LogP contribution in [0.25, 0.3) is 0 Å². The van der Waals surface area contributed by atoms with Gasteiger partial charge >= 0.3 is 24.1 Å². The molecule has 1 unspecified atom stereocenters. The lowest BCUT2D eigenvalue weighted by Gasteiger charge is -2.41. The van der Waals surface area contributed by atoms with Gasteiger partial charge in [-0.1, -0.05) is 84.6 Å². The average Bonchev–Trinajstić information content (AvgIpc) is 2.00. The molecule has 2 aromatic rings. The lowest BCUT2D eigenvalue weighted by atomic mass is 9.78. The molecule has 0 aromatic heterocycles. The van der Waals surface area contributed by atoms with E-state index in [-0.39, 0.29) is 97.7 Å². The zero-order chi connectivity index (χ0) is 60.9. The summed E-state index contributed by atoms with van der Waals surface area (Å²) in [5.74, 6) is -3.34. The summed E-state index contributed by atoms with van der Waals surface area (Å²) in [6.07, 6.45) is 5.37. The Balaban J connectivity index is 1.15. The molecule has 3 fully saturated rings. The van der Waals surface area contributed by atoms with Crippen molar-refractivity contribution in [3.05, 3.63) is 74.8 Å². The van der Waals surface area contributed by atoms with Gasteiger partial charge in [0.15, 0.2) is 5.78 Å². The number of carbonyl (C=O) groups excluding carboxylic acids is 8. The number of hydrogen-bond donors (Lipinski definition) is 5. The summed E-state index contributed by atoms with van der Waals surface area (Å²) < 4.78 is 35.7. The number of allylic oxidation sites excluding steroid dienone is 3. The Hall–Kier alpha value is -5.87. The smallest absolute Gasteiger partial charge is 0.412 e. The lowest BCUT2D eigenvalue weighted by Crippen LogP contribution is -2.53. The number of aliphatic hydroxyl groups is 1. The number of unbranched alkanes of at least 4 members (excludes halogenated alkanes) is 1. The van der Waals surface area contributed by atoms with E-state index in [9.17, 15) is 43.5 Å². The Morgan fingerprint density at radius 2 is 1.76 bits per heavy atom. The molecule has 3 heterocycles. The SMILES string of the molecule is COc1cc2cc(c1Cl)N(C)C(=O)C[C@H](OC(=O)Nc1ccc(CC(=O)[C@H](CCCNC(N)=O)NC(=O)[C@@H](CC(=O)CCCCC(C)OC(=O)C3CCC3)C(C)C)c(Br)c1)[C@]1(C)O[C@H]1[C@H](C)[C@@H]1C[C@@](O)(CC(=O)O1)[C@H](OC)/C=C/C=C(\C)C2. The van der Waals surface area contributed by atoms with Crippen LogP contribution < -0.4 is 31.3 Å². The number of primary amides is 1. The van der Waals surface area contributed by atoms with Crippen molar-refractivity contribution >= 4 is 86.3 Å². The van der Waals surface area contributed by atoms with Crippen LogP contribution in [0, 0.1) is 23.7 Å². The maximum Gasteiger partial charge on any atom is 0.412 e. The molecule has 2 aromatic carbocycles. The van der Waals surface area contributed by atoms with E-state index in [4.69, 9.17) is 45.8 Å². The molecule has 5 amide bonds. The van der Waals surface area contributed by atoms with E-state index in [0.29, 0.717) is 53.6 Å².